The van der Waals surface area contributed by atoms with Crippen LogP contribution in [-0.4, -0.2) is 64.7 Å². The second kappa shape index (κ2) is 8.92. The van der Waals surface area contributed by atoms with Gasteiger partial charge in [-0.05, 0) is 58.5 Å². The third kappa shape index (κ3) is 3.27. The molecule has 7 heteroatoms. The number of hydrogen-bond acceptors (Lipinski definition) is 7. The van der Waals surface area contributed by atoms with Crippen LogP contribution in [0.15, 0.2) is 18.2 Å². The van der Waals surface area contributed by atoms with E-state index in [1.807, 2.05) is 18.2 Å². The van der Waals surface area contributed by atoms with Gasteiger partial charge in [0.1, 0.15) is 0 Å². The van der Waals surface area contributed by atoms with Gasteiger partial charge in [0.15, 0.2) is 23.0 Å². The highest BCUT2D eigenvalue weighted by Crippen LogP contribution is 2.50. The van der Waals surface area contributed by atoms with E-state index in [-0.39, 0.29) is 12.6 Å². The molecule has 1 aliphatic rings. The fraction of sp³-hybridized carbons (Fsp3) is 0.440. The van der Waals surface area contributed by atoms with Gasteiger partial charge in [0.2, 0.25) is 5.75 Å². The van der Waals surface area contributed by atoms with Crippen LogP contribution in [0.3, 0.4) is 0 Å². The van der Waals surface area contributed by atoms with Crippen LogP contribution in [0.25, 0.3) is 21.5 Å². The zero-order chi connectivity index (χ0) is 23.0. The van der Waals surface area contributed by atoms with Crippen LogP contribution in [0.2, 0.25) is 0 Å². The van der Waals surface area contributed by atoms with E-state index in [2.05, 4.69) is 11.8 Å². The van der Waals surface area contributed by atoms with Crippen molar-refractivity contribution in [2.24, 2.45) is 0 Å². The van der Waals surface area contributed by atoms with Crippen LogP contribution >= 0.6 is 0 Å². The Hall–Kier alpha value is -2.90. The Morgan fingerprint density at radius 1 is 0.781 bits per heavy atom. The maximum Gasteiger partial charge on any atom is 0.203 e. The molecule has 1 N–H and O–H groups in total. The first-order valence-corrected chi connectivity index (χ1v) is 10.7. The molecule has 3 aromatic rings. The summed E-state index contributed by atoms with van der Waals surface area (Å²) in [7, 11) is 8.15. The molecule has 1 aliphatic heterocycles. The average molecular weight is 442 g/mol. The SMILES string of the molecule is CCN1Cc2c(c3cc(OC)c(OC)cc3c3c(OC)c(OC)c(OC)cc23)CC1CO. The molecule has 1 heterocycles. The van der Waals surface area contributed by atoms with Crippen molar-refractivity contribution in [2.75, 3.05) is 48.7 Å². The molecule has 3 aromatic carbocycles. The van der Waals surface area contributed by atoms with Gasteiger partial charge in [-0.1, -0.05) is 6.92 Å². The third-order valence-corrected chi connectivity index (χ3v) is 6.57. The first kappa shape index (κ1) is 22.3. The molecule has 0 saturated heterocycles. The predicted octanol–water partition coefficient (Wildman–Crippen LogP) is 3.77. The van der Waals surface area contributed by atoms with Crippen molar-refractivity contribution in [3.05, 3.63) is 29.3 Å². The Morgan fingerprint density at radius 3 is 1.91 bits per heavy atom. The first-order chi connectivity index (χ1) is 15.6. The lowest BCUT2D eigenvalue weighted by atomic mass is 9.84. The topological polar surface area (TPSA) is 69.6 Å². The molecule has 1 atom stereocenters. The summed E-state index contributed by atoms with van der Waals surface area (Å²) in [6, 6.07) is 6.10. The fourth-order valence-corrected chi connectivity index (χ4v) is 4.98. The molecular weight excluding hydrogens is 410 g/mol. The van der Waals surface area contributed by atoms with Crippen molar-refractivity contribution < 1.29 is 28.8 Å². The van der Waals surface area contributed by atoms with Crippen LogP contribution in [0.4, 0.5) is 0 Å². The zero-order valence-corrected chi connectivity index (χ0v) is 19.6. The van der Waals surface area contributed by atoms with E-state index in [0.717, 1.165) is 41.1 Å². The molecule has 0 spiro atoms. The molecule has 0 aromatic heterocycles. The second-order valence-corrected chi connectivity index (χ2v) is 7.88. The summed E-state index contributed by atoms with van der Waals surface area (Å²) in [5, 5.41) is 14.1. The molecule has 0 aliphatic carbocycles. The van der Waals surface area contributed by atoms with Gasteiger partial charge in [-0.2, -0.15) is 0 Å². The van der Waals surface area contributed by atoms with Gasteiger partial charge in [0, 0.05) is 18.0 Å². The van der Waals surface area contributed by atoms with E-state index >= 15 is 0 Å². The Kier molecular flexibility index (Phi) is 6.22. The standard InChI is InChI=1S/C25H31NO6/c1-7-26-12-19-15(8-14(26)13-27)16-9-20(28-2)21(29-3)10-17(16)23-18(19)11-22(30-4)24(31-5)25(23)32-6/h9-11,14,27H,7-8,12-13H2,1-6H3. The van der Waals surface area contributed by atoms with Gasteiger partial charge < -0.3 is 28.8 Å². The number of likely N-dealkylation sites (N-methyl/N-ethyl adjacent to an activating group) is 1. The number of rotatable bonds is 7. The molecule has 172 valence electrons. The summed E-state index contributed by atoms with van der Waals surface area (Å²) >= 11 is 0. The van der Waals surface area contributed by atoms with E-state index < -0.39 is 0 Å². The van der Waals surface area contributed by atoms with Crippen molar-refractivity contribution in [2.45, 2.75) is 25.9 Å². The maximum absolute atomic E-state index is 10.1. The average Bonchev–Trinajstić information content (AvgIpc) is 2.85. The smallest absolute Gasteiger partial charge is 0.203 e. The summed E-state index contributed by atoms with van der Waals surface area (Å²) in [5.41, 5.74) is 2.40. The number of aliphatic hydroxyl groups excluding tert-OH is 1. The lowest BCUT2D eigenvalue weighted by molar-refractivity contribution is 0.113. The number of fused-ring (bicyclic) bond motifs is 6. The normalized spacial score (nSPS) is 16.2. The lowest BCUT2D eigenvalue weighted by Gasteiger charge is -2.37. The third-order valence-electron chi connectivity index (χ3n) is 6.57. The molecule has 0 amide bonds. The Labute approximate surface area is 188 Å². The Morgan fingerprint density at radius 2 is 1.38 bits per heavy atom. The maximum atomic E-state index is 10.1. The van der Waals surface area contributed by atoms with Gasteiger partial charge in [0.05, 0.1) is 42.2 Å². The van der Waals surface area contributed by atoms with E-state index in [9.17, 15) is 5.11 Å². The van der Waals surface area contributed by atoms with Crippen LogP contribution in [-0.2, 0) is 13.0 Å². The van der Waals surface area contributed by atoms with Crippen LogP contribution < -0.4 is 23.7 Å². The first-order valence-electron chi connectivity index (χ1n) is 10.7. The summed E-state index contributed by atoms with van der Waals surface area (Å²) in [6.45, 7) is 3.79. The van der Waals surface area contributed by atoms with Crippen molar-refractivity contribution in [3.8, 4) is 28.7 Å². The van der Waals surface area contributed by atoms with Crippen LogP contribution in [0.1, 0.15) is 18.1 Å². The van der Waals surface area contributed by atoms with Crippen LogP contribution in [0.5, 0.6) is 28.7 Å². The summed E-state index contributed by atoms with van der Waals surface area (Å²) in [5.74, 6) is 3.09. The predicted molar refractivity (Wildman–Crippen MR) is 125 cm³/mol. The highest BCUT2D eigenvalue weighted by atomic mass is 16.5. The second-order valence-electron chi connectivity index (χ2n) is 7.88. The fourth-order valence-electron chi connectivity index (χ4n) is 4.98. The quantitative estimate of drug-likeness (QED) is 0.560. The summed E-state index contributed by atoms with van der Waals surface area (Å²) in [6.07, 6.45) is 0.734. The number of benzene rings is 3. The van der Waals surface area contributed by atoms with Gasteiger partial charge >= 0.3 is 0 Å². The Balaban J connectivity index is 2.22. The van der Waals surface area contributed by atoms with Gasteiger partial charge in [0.25, 0.3) is 0 Å². The van der Waals surface area contributed by atoms with Crippen LogP contribution in [0, 0.1) is 0 Å². The number of methoxy groups -OCH3 is 5. The summed E-state index contributed by atoms with van der Waals surface area (Å²) in [4.78, 5) is 2.30. The highest BCUT2D eigenvalue weighted by molar-refractivity contribution is 6.16. The Bertz CT molecular complexity index is 1160. The molecule has 0 bridgehead atoms. The van der Waals surface area contributed by atoms with Crippen molar-refractivity contribution in [1.82, 2.24) is 4.90 Å². The monoisotopic (exact) mass is 441 g/mol. The minimum absolute atomic E-state index is 0.0586. The molecular formula is C25H31NO6. The van der Waals surface area contributed by atoms with E-state index in [4.69, 9.17) is 23.7 Å². The lowest BCUT2D eigenvalue weighted by Crippen LogP contribution is -2.42. The minimum Gasteiger partial charge on any atom is -0.493 e. The number of nitrogens with zero attached hydrogens (tertiary/aromatic N) is 1. The molecule has 4 rings (SSSR count). The number of aliphatic hydroxyl groups is 1. The molecule has 0 fully saturated rings. The van der Waals surface area contributed by atoms with Crippen molar-refractivity contribution in [1.29, 1.82) is 0 Å². The van der Waals surface area contributed by atoms with Gasteiger partial charge in [-0.3, -0.25) is 4.90 Å². The van der Waals surface area contributed by atoms with Gasteiger partial charge in [-0.15, -0.1) is 0 Å². The van der Waals surface area contributed by atoms with E-state index in [1.54, 1.807) is 35.5 Å². The van der Waals surface area contributed by atoms with Gasteiger partial charge in [-0.25, -0.2) is 0 Å². The number of ether oxygens (including phenoxy) is 5. The number of hydrogen-bond donors (Lipinski definition) is 1. The highest BCUT2D eigenvalue weighted by Gasteiger charge is 2.31. The van der Waals surface area contributed by atoms with Crippen molar-refractivity contribution in [3.63, 3.8) is 0 Å². The molecule has 32 heavy (non-hydrogen) atoms. The largest absolute Gasteiger partial charge is 0.493 e. The van der Waals surface area contributed by atoms with E-state index in [0.29, 0.717) is 28.7 Å². The van der Waals surface area contributed by atoms with Crippen molar-refractivity contribution >= 4 is 21.5 Å². The van der Waals surface area contributed by atoms with E-state index in [1.165, 1.54) is 11.1 Å². The molecule has 0 radical (unpaired) electrons. The minimum atomic E-state index is 0.0586. The zero-order valence-electron chi connectivity index (χ0n) is 19.6. The summed E-state index contributed by atoms with van der Waals surface area (Å²) < 4.78 is 28.5. The molecule has 7 nitrogen and oxygen atoms in total. The molecule has 0 saturated carbocycles. The molecule has 1 unspecified atom stereocenters.